The largest absolute Gasteiger partial charge is 0.424 e. The number of aromatic nitrogens is 2. The van der Waals surface area contributed by atoms with Crippen LogP contribution in [0.15, 0.2) is 4.42 Å². The predicted molar refractivity (Wildman–Crippen MR) is 60.9 cm³/mol. The molecule has 1 aromatic rings. The molecule has 1 fully saturated rings. The van der Waals surface area contributed by atoms with E-state index in [1.165, 1.54) is 12.8 Å². The number of hydrogen-bond acceptors (Lipinski definition) is 5. The van der Waals surface area contributed by atoms with E-state index in [-0.39, 0.29) is 0 Å². The molecule has 2 rings (SSSR count). The Kier molecular flexibility index (Phi) is 4.02. The number of hydrogen-bond donors (Lipinski definition) is 1. The topological polar surface area (TPSA) is 51.0 Å². The van der Waals surface area contributed by atoms with Crippen LogP contribution in [0.25, 0.3) is 0 Å². The molecule has 1 aliphatic rings. The third-order valence-electron chi connectivity index (χ3n) is 2.35. The van der Waals surface area contributed by atoms with Gasteiger partial charge in [-0.1, -0.05) is 0 Å². The molecule has 1 N–H and O–H groups in total. The van der Waals surface area contributed by atoms with Crippen molar-refractivity contribution >= 4 is 11.8 Å². The van der Waals surface area contributed by atoms with Gasteiger partial charge in [-0.15, -0.1) is 10.2 Å². The summed E-state index contributed by atoms with van der Waals surface area (Å²) in [5.41, 5.74) is 0. The first kappa shape index (κ1) is 11.0. The van der Waals surface area contributed by atoms with Gasteiger partial charge in [-0.05, 0) is 32.1 Å². The fourth-order valence-electron chi connectivity index (χ4n) is 1.40. The Morgan fingerprint density at radius 2 is 2.20 bits per heavy atom. The lowest BCUT2D eigenvalue weighted by molar-refractivity contribution is 0.455. The first-order valence-electron chi connectivity index (χ1n) is 5.42. The highest BCUT2D eigenvalue weighted by atomic mass is 32.2. The SMILES string of the molecule is CSCc1nnc(CCCNC2CC2)o1. The first-order chi connectivity index (χ1) is 7.38. The molecule has 0 aromatic carbocycles. The van der Waals surface area contributed by atoms with Gasteiger partial charge in [-0.3, -0.25) is 0 Å². The number of thioether (sulfide) groups is 1. The van der Waals surface area contributed by atoms with Gasteiger partial charge in [0.2, 0.25) is 11.8 Å². The van der Waals surface area contributed by atoms with Crippen LogP contribution in [0.2, 0.25) is 0 Å². The molecule has 0 unspecified atom stereocenters. The number of rotatable bonds is 7. The second-order valence-corrected chi connectivity index (χ2v) is 4.72. The van der Waals surface area contributed by atoms with Crippen LogP contribution in [0.3, 0.4) is 0 Å². The van der Waals surface area contributed by atoms with Gasteiger partial charge < -0.3 is 9.73 Å². The molecule has 1 aromatic heterocycles. The summed E-state index contributed by atoms with van der Waals surface area (Å²) in [6.45, 7) is 1.06. The maximum absolute atomic E-state index is 5.48. The monoisotopic (exact) mass is 227 g/mol. The van der Waals surface area contributed by atoms with Crippen LogP contribution in [0.4, 0.5) is 0 Å². The fraction of sp³-hybridized carbons (Fsp3) is 0.800. The average molecular weight is 227 g/mol. The van der Waals surface area contributed by atoms with Crippen molar-refractivity contribution in [3.05, 3.63) is 11.8 Å². The van der Waals surface area contributed by atoms with Crippen LogP contribution in [0.5, 0.6) is 0 Å². The second-order valence-electron chi connectivity index (χ2n) is 3.85. The van der Waals surface area contributed by atoms with Crippen molar-refractivity contribution in [2.45, 2.75) is 37.5 Å². The van der Waals surface area contributed by atoms with Crippen LogP contribution in [0.1, 0.15) is 31.0 Å². The van der Waals surface area contributed by atoms with Crippen LogP contribution >= 0.6 is 11.8 Å². The molecule has 0 amide bonds. The van der Waals surface area contributed by atoms with Crippen LogP contribution in [-0.2, 0) is 12.2 Å². The molecule has 15 heavy (non-hydrogen) atoms. The quantitative estimate of drug-likeness (QED) is 0.717. The Hall–Kier alpha value is -0.550. The fourth-order valence-corrected chi connectivity index (χ4v) is 1.77. The van der Waals surface area contributed by atoms with Gasteiger partial charge in [0.1, 0.15) is 0 Å². The zero-order valence-electron chi connectivity index (χ0n) is 9.03. The zero-order valence-corrected chi connectivity index (χ0v) is 9.85. The van der Waals surface area contributed by atoms with Crippen LogP contribution < -0.4 is 5.32 Å². The van der Waals surface area contributed by atoms with E-state index in [4.69, 9.17) is 4.42 Å². The Balaban J connectivity index is 1.63. The summed E-state index contributed by atoms with van der Waals surface area (Å²) < 4.78 is 5.48. The number of aryl methyl sites for hydroxylation is 1. The lowest BCUT2D eigenvalue weighted by atomic mass is 10.3. The lowest BCUT2D eigenvalue weighted by Crippen LogP contribution is -2.17. The molecular formula is C10H17N3OS. The zero-order chi connectivity index (χ0) is 10.5. The average Bonchev–Trinajstić information content (AvgIpc) is 2.95. The van der Waals surface area contributed by atoms with Crippen molar-refractivity contribution < 1.29 is 4.42 Å². The van der Waals surface area contributed by atoms with Crippen LogP contribution in [-0.4, -0.2) is 29.0 Å². The number of nitrogens with one attached hydrogen (secondary N) is 1. The van der Waals surface area contributed by atoms with Gasteiger partial charge in [-0.25, -0.2) is 0 Å². The molecule has 0 aliphatic heterocycles. The maximum Gasteiger partial charge on any atom is 0.226 e. The Labute approximate surface area is 94.2 Å². The van der Waals surface area contributed by atoms with E-state index in [9.17, 15) is 0 Å². The molecule has 4 nitrogen and oxygen atoms in total. The van der Waals surface area contributed by atoms with E-state index in [1.54, 1.807) is 11.8 Å². The highest BCUT2D eigenvalue weighted by Gasteiger charge is 2.19. The van der Waals surface area contributed by atoms with E-state index in [1.807, 2.05) is 6.26 Å². The van der Waals surface area contributed by atoms with E-state index in [0.717, 1.165) is 43.0 Å². The van der Waals surface area contributed by atoms with Crippen molar-refractivity contribution in [1.82, 2.24) is 15.5 Å². The first-order valence-corrected chi connectivity index (χ1v) is 6.81. The highest BCUT2D eigenvalue weighted by Crippen LogP contribution is 2.18. The predicted octanol–water partition coefficient (Wildman–Crippen LogP) is 1.62. The minimum absolute atomic E-state index is 0.743. The summed E-state index contributed by atoms with van der Waals surface area (Å²) >= 11 is 1.70. The standard InChI is InChI=1S/C10H17N3OS/c1-15-7-10-13-12-9(14-10)3-2-6-11-8-4-5-8/h8,11H,2-7H2,1H3. The summed E-state index contributed by atoms with van der Waals surface area (Å²) in [6.07, 6.45) is 6.69. The second kappa shape index (κ2) is 5.51. The van der Waals surface area contributed by atoms with Crippen molar-refractivity contribution in [3.8, 4) is 0 Å². The summed E-state index contributed by atoms with van der Waals surface area (Å²) in [5, 5.41) is 11.4. The molecule has 0 bridgehead atoms. The van der Waals surface area contributed by atoms with Gasteiger partial charge in [0, 0.05) is 12.5 Å². The molecule has 0 radical (unpaired) electrons. The van der Waals surface area contributed by atoms with E-state index >= 15 is 0 Å². The Morgan fingerprint density at radius 3 is 2.93 bits per heavy atom. The maximum atomic E-state index is 5.48. The molecule has 0 spiro atoms. The van der Waals surface area contributed by atoms with Gasteiger partial charge in [0.05, 0.1) is 5.75 Å². The van der Waals surface area contributed by atoms with E-state index in [2.05, 4.69) is 15.5 Å². The highest BCUT2D eigenvalue weighted by molar-refractivity contribution is 7.97. The molecule has 1 saturated carbocycles. The Bertz CT molecular complexity index is 299. The molecule has 5 heteroatoms. The van der Waals surface area contributed by atoms with Gasteiger partial charge in [-0.2, -0.15) is 11.8 Å². The van der Waals surface area contributed by atoms with Crippen LogP contribution in [0, 0.1) is 0 Å². The van der Waals surface area contributed by atoms with Gasteiger partial charge in [0.25, 0.3) is 0 Å². The molecule has 1 heterocycles. The number of nitrogens with zero attached hydrogens (tertiary/aromatic N) is 2. The third kappa shape index (κ3) is 3.83. The lowest BCUT2D eigenvalue weighted by Gasteiger charge is -1.99. The minimum atomic E-state index is 0.743. The van der Waals surface area contributed by atoms with Gasteiger partial charge >= 0.3 is 0 Å². The van der Waals surface area contributed by atoms with Crippen molar-refractivity contribution in [2.24, 2.45) is 0 Å². The third-order valence-corrected chi connectivity index (χ3v) is 2.89. The molecular weight excluding hydrogens is 210 g/mol. The normalized spacial score (nSPS) is 15.8. The molecule has 0 saturated heterocycles. The molecule has 1 aliphatic carbocycles. The van der Waals surface area contributed by atoms with Crippen molar-refractivity contribution in [1.29, 1.82) is 0 Å². The van der Waals surface area contributed by atoms with Crippen molar-refractivity contribution in [2.75, 3.05) is 12.8 Å². The molecule has 0 atom stereocenters. The summed E-state index contributed by atoms with van der Waals surface area (Å²) in [7, 11) is 0. The molecule has 84 valence electrons. The van der Waals surface area contributed by atoms with Crippen molar-refractivity contribution in [3.63, 3.8) is 0 Å². The summed E-state index contributed by atoms with van der Waals surface area (Å²) in [6, 6.07) is 0.791. The Morgan fingerprint density at radius 1 is 1.40 bits per heavy atom. The summed E-state index contributed by atoms with van der Waals surface area (Å²) in [4.78, 5) is 0. The smallest absolute Gasteiger partial charge is 0.226 e. The van der Waals surface area contributed by atoms with E-state index in [0.29, 0.717) is 0 Å². The van der Waals surface area contributed by atoms with Gasteiger partial charge in [0.15, 0.2) is 0 Å². The minimum Gasteiger partial charge on any atom is -0.424 e. The summed E-state index contributed by atoms with van der Waals surface area (Å²) in [5.74, 6) is 2.33. The van der Waals surface area contributed by atoms with E-state index < -0.39 is 0 Å².